The Morgan fingerprint density at radius 1 is 1.44 bits per heavy atom. The van der Waals surface area contributed by atoms with E-state index in [9.17, 15) is 0 Å². The third-order valence-electron chi connectivity index (χ3n) is 3.08. The normalized spacial score (nSPS) is 21.1. The molecule has 3 rings (SSSR count). The molecule has 2 aromatic heterocycles. The molecule has 0 saturated carbocycles. The van der Waals surface area contributed by atoms with E-state index >= 15 is 0 Å². The third kappa shape index (κ3) is 1.63. The average molecular weight is 218 g/mol. The molecular formula is C11H14N4O. The minimum absolute atomic E-state index is 0.497. The van der Waals surface area contributed by atoms with E-state index in [2.05, 4.69) is 20.7 Å². The molecule has 1 atom stereocenters. The van der Waals surface area contributed by atoms with Crippen molar-refractivity contribution in [3.05, 3.63) is 24.2 Å². The SMILES string of the molecule is c1cc(-c2cn[nH]c2[C@H]2CCCNC2)on1. The van der Waals surface area contributed by atoms with Crippen molar-refractivity contribution < 1.29 is 4.52 Å². The Balaban J connectivity index is 1.92. The molecule has 5 nitrogen and oxygen atoms in total. The van der Waals surface area contributed by atoms with Gasteiger partial charge in [-0.3, -0.25) is 5.10 Å². The highest BCUT2D eigenvalue weighted by Crippen LogP contribution is 2.30. The van der Waals surface area contributed by atoms with Crippen LogP contribution in [0.4, 0.5) is 0 Å². The van der Waals surface area contributed by atoms with E-state index in [1.807, 2.05) is 12.3 Å². The summed E-state index contributed by atoms with van der Waals surface area (Å²) in [7, 11) is 0. The van der Waals surface area contributed by atoms with E-state index in [0.29, 0.717) is 5.92 Å². The molecule has 0 aromatic carbocycles. The van der Waals surface area contributed by atoms with Crippen LogP contribution in [0.15, 0.2) is 23.0 Å². The summed E-state index contributed by atoms with van der Waals surface area (Å²) in [5.41, 5.74) is 2.19. The number of H-pyrrole nitrogens is 1. The number of nitrogens with one attached hydrogen (secondary N) is 2. The van der Waals surface area contributed by atoms with Crippen molar-refractivity contribution in [2.24, 2.45) is 0 Å². The van der Waals surface area contributed by atoms with Crippen LogP contribution in [-0.4, -0.2) is 28.4 Å². The largest absolute Gasteiger partial charge is 0.356 e. The second kappa shape index (κ2) is 4.09. The Morgan fingerprint density at radius 2 is 2.44 bits per heavy atom. The van der Waals surface area contributed by atoms with Crippen molar-refractivity contribution in [1.82, 2.24) is 20.7 Å². The third-order valence-corrected chi connectivity index (χ3v) is 3.08. The lowest BCUT2D eigenvalue weighted by molar-refractivity contribution is 0.428. The van der Waals surface area contributed by atoms with Gasteiger partial charge in [-0.05, 0) is 19.4 Å². The van der Waals surface area contributed by atoms with Gasteiger partial charge in [-0.25, -0.2) is 0 Å². The number of piperidine rings is 1. The summed E-state index contributed by atoms with van der Waals surface area (Å²) >= 11 is 0. The summed E-state index contributed by atoms with van der Waals surface area (Å²) < 4.78 is 5.18. The number of rotatable bonds is 2. The molecule has 1 fully saturated rings. The standard InChI is InChI=1S/C11H14N4O/c1-2-8(6-12-4-1)11-9(7-13-15-11)10-3-5-14-16-10/h3,5,7-8,12H,1-2,4,6H2,(H,13,15)/t8-/m0/s1. The van der Waals surface area contributed by atoms with Gasteiger partial charge in [0, 0.05) is 18.5 Å². The Kier molecular flexibility index (Phi) is 2.46. The van der Waals surface area contributed by atoms with Crippen LogP contribution in [0.2, 0.25) is 0 Å². The molecule has 0 amide bonds. The molecule has 0 unspecified atom stereocenters. The highest BCUT2D eigenvalue weighted by atomic mass is 16.5. The molecule has 1 aliphatic heterocycles. The van der Waals surface area contributed by atoms with Crippen molar-refractivity contribution in [3.8, 4) is 11.3 Å². The molecule has 0 radical (unpaired) electrons. The van der Waals surface area contributed by atoms with Crippen LogP contribution < -0.4 is 5.32 Å². The van der Waals surface area contributed by atoms with E-state index in [4.69, 9.17) is 4.52 Å². The van der Waals surface area contributed by atoms with Gasteiger partial charge in [0.1, 0.15) is 0 Å². The topological polar surface area (TPSA) is 66.7 Å². The Morgan fingerprint density at radius 3 is 3.19 bits per heavy atom. The molecular weight excluding hydrogens is 204 g/mol. The summed E-state index contributed by atoms with van der Waals surface area (Å²) in [6.45, 7) is 2.12. The fraction of sp³-hybridized carbons (Fsp3) is 0.455. The summed E-state index contributed by atoms with van der Waals surface area (Å²) in [5.74, 6) is 1.28. The Hall–Kier alpha value is -1.62. The second-order valence-corrected chi connectivity index (χ2v) is 4.12. The number of aromatic amines is 1. The first-order valence-electron chi connectivity index (χ1n) is 5.60. The second-order valence-electron chi connectivity index (χ2n) is 4.12. The monoisotopic (exact) mass is 218 g/mol. The first-order valence-corrected chi connectivity index (χ1v) is 5.60. The van der Waals surface area contributed by atoms with Gasteiger partial charge in [0.15, 0.2) is 5.76 Å². The minimum atomic E-state index is 0.497. The van der Waals surface area contributed by atoms with Gasteiger partial charge < -0.3 is 9.84 Å². The lowest BCUT2D eigenvalue weighted by atomic mass is 9.93. The summed E-state index contributed by atoms with van der Waals surface area (Å²) in [4.78, 5) is 0. The predicted molar refractivity (Wildman–Crippen MR) is 58.9 cm³/mol. The predicted octanol–water partition coefficient (Wildman–Crippen LogP) is 1.53. The maximum Gasteiger partial charge on any atom is 0.170 e. The van der Waals surface area contributed by atoms with Crippen LogP contribution in [0.1, 0.15) is 24.5 Å². The molecule has 2 aromatic rings. The molecule has 0 bridgehead atoms. The molecule has 0 aliphatic carbocycles. The van der Waals surface area contributed by atoms with E-state index in [0.717, 1.165) is 30.1 Å². The van der Waals surface area contributed by atoms with Crippen molar-refractivity contribution in [2.75, 3.05) is 13.1 Å². The molecule has 5 heteroatoms. The Bertz CT molecular complexity index is 442. The van der Waals surface area contributed by atoms with Crippen molar-refractivity contribution in [1.29, 1.82) is 0 Å². The van der Waals surface area contributed by atoms with E-state index in [1.54, 1.807) is 6.20 Å². The lowest BCUT2D eigenvalue weighted by Crippen LogP contribution is -2.28. The number of aromatic nitrogens is 3. The van der Waals surface area contributed by atoms with Crippen molar-refractivity contribution in [2.45, 2.75) is 18.8 Å². The van der Waals surface area contributed by atoms with Crippen LogP contribution in [-0.2, 0) is 0 Å². The van der Waals surface area contributed by atoms with Crippen molar-refractivity contribution in [3.63, 3.8) is 0 Å². The van der Waals surface area contributed by atoms with Gasteiger partial charge in [-0.2, -0.15) is 5.10 Å². The van der Waals surface area contributed by atoms with Crippen LogP contribution in [0.3, 0.4) is 0 Å². The van der Waals surface area contributed by atoms with Crippen molar-refractivity contribution >= 4 is 0 Å². The van der Waals surface area contributed by atoms with Gasteiger partial charge >= 0.3 is 0 Å². The highest BCUT2D eigenvalue weighted by Gasteiger charge is 2.21. The Labute approximate surface area is 93.2 Å². The first-order chi connectivity index (χ1) is 7.95. The van der Waals surface area contributed by atoms with Gasteiger partial charge in [0.2, 0.25) is 0 Å². The van der Waals surface area contributed by atoms with Gasteiger partial charge in [0.05, 0.1) is 23.7 Å². The summed E-state index contributed by atoms with van der Waals surface area (Å²) in [6.07, 6.45) is 5.87. The molecule has 1 saturated heterocycles. The van der Waals surface area contributed by atoms with Gasteiger partial charge in [0.25, 0.3) is 0 Å². The lowest BCUT2D eigenvalue weighted by Gasteiger charge is -2.22. The van der Waals surface area contributed by atoms with Gasteiger partial charge in [-0.1, -0.05) is 5.16 Å². The van der Waals surface area contributed by atoms with Gasteiger partial charge in [-0.15, -0.1) is 0 Å². The van der Waals surface area contributed by atoms with Crippen LogP contribution in [0, 0.1) is 0 Å². The highest BCUT2D eigenvalue weighted by molar-refractivity contribution is 5.59. The minimum Gasteiger partial charge on any atom is -0.356 e. The van der Waals surface area contributed by atoms with E-state index in [1.165, 1.54) is 12.8 Å². The zero-order valence-electron chi connectivity index (χ0n) is 8.94. The molecule has 84 valence electrons. The molecule has 2 N–H and O–H groups in total. The maximum atomic E-state index is 5.18. The molecule has 1 aliphatic rings. The fourth-order valence-electron chi connectivity index (χ4n) is 2.26. The summed E-state index contributed by atoms with van der Waals surface area (Å²) in [5, 5.41) is 14.3. The van der Waals surface area contributed by atoms with E-state index < -0.39 is 0 Å². The zero-order valence-corrected chi connectivity index (χ0v) is 8.94. The van der Waals surface area contributed by atoms with Crippen LogP contribution >= 0.6 is 0 Å². The average Bonchev–Trinajstić information content (AvgIpc) is 3.01. The number of hydrogen-bond acceptors (Lipinski definition) is 4. The van der Waals surface area contributed by atoms with Crippen LogP contribution in [0.25, 0.3) is 11.3 Å². The van der Waals surface area contributed by atoms with Crippen LogP contribution in [0.5, 0.6) is 0 Å². The number of hydrogen-bond donors (Lipinski definition) is 2. The summed E-state index contributed by atoms with van der Waals surface area (Å²) in [6, 6.07) is 1.87. The smallest absolute Gasteiger partial charge is 0.170 e. The zero-order chi connectivity index (χ0) is 10.8. The molecule has 0 spiro atoms. The number of nitrogens with zero attached hydrogens (tertiary/aromatic N) is 2. The first kappa shape index (κ1) is 9.59. The fourth-order valence-corrected chi connectivity index (χ4v) is 2.26. The molecule has 3 heterocycles. The molecule has 16 heavy (non-hydrogen) atoms. The maximum absolute atomic E-state index is 5.18. The quantitative estimate of drug-likeness (QED) is 0.802. The van der Waals surface area contributed by atoms with E-state index in [-0.39, 0.29) is 0 Å².